The van der Waals surface area contributed by atoms with Gasteiger partial charge in [0, 0.05) is 29.4 Å². The molecule has 6 heteroatoms. The number of aryl methyl sites for hydroxylation is 1. The van der Waals surface area contributed by atoms with Gasteiger partial charge in [-0.15, -0.1) is 0 Å². The van der Waals surface area contributed by atoms with Gasteiger partial charge < -0.3 is 9.84 Å². The van der Waals surface area contributed by atoms with Crippen LogP contribution in [0.25, 0.3) is 11.4 Å². The molecule has 100 valence electrons. The first-order chi connectivity index (χ1) is 9.20. The zero-order valence-corrected chi connectivity index (χ0v) is 12.1. The zero-order chi connectivity index (χ0) is 13.7. The summed E-state index contributed by atoms with van der Waals surface area (Å²) in [4.78, 5) is 15.6. The monoisotopic (exact) mass is 323 g/mol. The number of nitrogens with one attached hydrogen (secondary N) is 1. The Morgan fingerprint density at radius 2 is 2.21 bits per heavy atom. The van der Waals surface area contributed by atoms with Gasteiger partial charge in [-0.3, -0.25) is 4.79 Å². The van der Waals surface area contributed by atoms with Crippen molar-refractivity contribution in [3.63, 3.8) is 0 Å². The average Bonchev–Trinajstić information content (AvgIpc) is 2.86. The summed E-state index contributed by atoms with van der Waals surface area (Å²) in [6.45, 7) is 2.51. The summed E-state index contributed by atoms with van der Waals surface area (Å²) in [5, 5.41) is 6.65. The standard InChI is InChI=1S/C13H14BrN3O2/c1-2-15-11(18)7-8-12-16-13(17-19-12)9-5-3-4-6-10(9)14/h3-6H,2,7-8H2,1H3,(H,15,18). The van der Waals surface area contributed by atoms with Crippen LogP contribution in [0.3, 0.4) is 0 Å². The van der Waals surface area contributed by atoms with Gasteiger partial charge in [-0.2, -0.15) is 4.98 Å². The van der Waals surface area contributed by atoms with E-state index in [2.05, 4.69) is 31.4 Å². The lowest BCUT2D eigenvalue weighted by Crippen LogP contribution is -2.22. The van der Waals surface area contributed by atoms with Crippen molar-refractivity contribution in [2.45, 2.75) is 19.8 Å². The molecular weight excluding hydrogens is 310 g/mol. The number of benzene rings is 1. The van der Waals surface area contributed by atoms with Crippen LogP contribution in [0.4, 0.5) is 0 Å². The maximum absolute atomic E-state index is 11.3. The minimum atomic E-state index is -0.0110. The van der Waals surface area contributed by atoms with Crippen LogP contribution in [0.15, 0.2) is 33.3 Å². The van der Waals surface area contributed by atoms with Crippen LogP contribution in [0, 0.1) is 0 Å². The molecule has 2 rings (SSSR count). The van der Waals surface area contributed by atoms with Crippen molar-refractivity contribution in [2.75, 3.05) is 6.54 Å². The minimum Gasteiger partial charge on any atom is -0.356 e. The Kier molecular flexibility index (Phi) is 4.68. The number of carbonyl (C=O) groups excluding carboxylic acids is 1. The Labute approximate surface area is 119 Å². The highest BCUT2D eigenvalue weighted by Gasteiger charge is 2.12. The number of amides is 1. The van der Waals surface area contributed by atoms with Gasteiger partial charge in [0.15, 0.2) is 0 Å². The van der Waals surface area contributed by atoms with E-state index in [1.54, 1.807) is 0 Å². The first-order valence-corrected chi connectivity index (χ1v) is 6.84. The molecule has 1 N–H and O–H groups in total. The van der Waals surface area contributed by atoms with E-state index in [-0.39, 0.29) is 5.91 Å². The molecule has 1 aromatic heterocycles. The van der Waals surface area contributed by atoms with Crippen LogP contribution in [-0.4, -0.2) is 22.6 Å². The van der Waals surface area contributed by atoms with Crippen LogP contribution < -0.4 is 5.32 Å². The summed E-state index contributed by atoms with van der Waals surface area (Å²) in [6, 6.07) is 7.65. The third-order valence-corrected chi connectivity index (χ3v) is 3.21. The number of hydrogen-bond acceptors (Lipinski definition) is 4. The summed E-state index contributed by atoms with van der Waals surface area (Å²) < 4.78 is 6.05. The van der Waals surface area contributed by atoms with Crippen LogP contribution in [-0.2, 0) is 11.2 Å². The zero-order valence-electron chi connectivity index (χ0n) is 10.5. The largest absolute Gasteiger partial charge is 0.356 e. The second-order valence-corrected chi connectivity index (χ2v) is 4.80. The number of rotatable bonds is 5. The van der Waals surface area contributed by atoms with E-state index < -0.39 is 0 Å². The van der Waals surface area contributed by atoms with Gasteiger partial charge in [0.2, 0.25) is 17.6 Å². The highest BCUT2D eigenvalue weighted by atomic mass is 79.9. The first kappa shape index (κ1) is 13.7. The molecule has 0 aliphatic heterocycles. The number of halogens is 1. The molecule has 2 aromatic rings. The maximum Gasteiger partial charge on any atom is 0.227 e. The molecule has 0 saturated carbocycles. The van der Waals surface area contributed by atoms with E-state index in [0.717, 1.165) is 10.0 Å². The van der Waals surface area contributed by atoms with Gasteiger partial charge in [0.25, 0.3) is 0 Å². The summed E-state index contributed by atoms with van der Waals surface area (Å²) in [5.41, 5.74) is 0.871. The van der Waals surface area contributed by atoms with Crippen molar-refractivity contribution in [1.82, 2.24) is 15.5 Å². The van der Waals surface area contributed by atoms with E-state index in [4.69, 9.17) is 4.52 Å². The lowest BCUT2D eigenvalue weighted by molar-refractivity contribution is -0.121. The molecule has 0 aliphatic rings. The molecule has 1 amide bonds. The molecule has 0 atom stereocenters. The van der Waals surface area contributed by atoms with Crippen LogP contribution in [0.2, 0.25) is 0 Å². The SMILES string of the molecule is CCNC(=O)CCc1nc(-c2ccccc2Br)no1. The quantitative estimate of drug-likeness (QED) is 0.918. The second-order valence-electron chi connectivity index (χ2n) is 3.95. The molecule has 0 unspecified atom stereocenters. The Hall–Kier alpha value is -1.69. The molecule has 19 heavy (non-hydrogen) atoms. The minimum absolute atomic E-state index is 0.0110. The van der Waals surface area contributed by atoms with Gasteiger partial charge in [0.1, 0.15) is 0 Å². The van der Waals surface area contributed by atoms with Crippen LogP contribution in [0.5, 0.6) is 0 Å². The smallest absolute Gasteiger partial charge is 0.227 e. The van der Waals surface area contributed by atoms with Gasteiger partial charge in [0.05, 0.1) is 0 Å². The predicted octanol–water partition coefficient (Wildman–Crippen LogP) is 2.57. The van der Waals surface area contributed by atoms with E-state index in [1.165, 1.54) is 0 Å². The molecule has 1 aromatic carbocycles. The number of nitrogens with zero attached hydrogens (tertiary/aromatic N) is 2. The maximum atomic E-state index is 11.3. The summed E-state index contributed by atoms with van der Waals surface area (Å²) in [7, 11) is 0. The average molecular weight is 324 g/mol. The van der Waals surface area contributed by atoms with Crippen LogP contribution >= 0.6 is 15.9 Å². The molecule has 0 spiro atoms. The fourth-order valence-electron chi connectivity index (χ4n) is 1.61. The summed E-state index contributed by atoms with van der Waals surface area (Å²) in [5.74, 6) is 0.985. The normalized spacial score (nSPS) is 10.4. The van der Waals surface area contributed by atoms with Gasteiger partial charge >= 0.3 is 0 Å². The topological polar surface area (TPSA) is 68.0 Å². The molecular formula is C13H14BrN3O2. The lowest BCUT2D eigenvalue weighted by Gasteiger charge is -1.98. The molecule has 0 aliphatic carbocycles. The Balaban J connectivity index is 2.04. The van der Waals surface area contributed by atoms with Gasteiger partial charge in [-0.1, -0.05) is 33.2 Å². The van der Waals surface area contributed by atoms with E-state index in [9.17, 15) is 4.79 Å². The number of carbonyl (C=O) groups is 1. The molecule has 0 fully saturated rings. The van der Waals surface area contributed by atoms with Crippen molar-refractivity contribution in [2.24, 2.45) is 0 Å². The second kappa shape index (κ2) is 6.47. The predicted molar refractivity (Wildman–Crippen MR) is 74.4 cm³/mol. The highest BCUT2D eigenvalue weighted by molar-refractivity contribution is 9.10. The van der Waals surface area contributed by atoms with Crippen molar-refractivity contribution in [1.29, 1.82) is 0 Å². The van der Waals surface area contributed by atoms with Crippen molar-refractivity contribution in [3.05, 3.63) is 34.6 Å². The fourth-order valence-corrected chi connectivity index (χ4v) is 2.08. The van der Waals surface area contributed by atoms with E-state index in [1.807, 2.05) is 31.2 Å². The molecule has 5 nitrogen and oxygen atoms in total. The highest BCUT2D eigenvalue weighted by Crippen LogP contribution is 2.25. The molecule has 0 bridgehead atoms. The number of hydrogen-bond donors (Lipinski definition) is 1. The Morgan fingerprint density at radius 1 is 1.42 bits per heavy atom. The van der Waals surface area contributed by atoms with Crippen molar-refractivity contribution in [3.8, 4) is 11.4 Å². The summed E-state index contributed by atoms with van der Waals surface area (Å²) >= 11 is 3.44. The molecule has 0 saturated heterocycles. The van der Waals surface area contributed by atoms with Crippen molar-refractivity contribution < 1.29 is 9.32 Å². The summed E-state index contributed by atoms with van der Waals surface area (Å²) in [6.07, 6.45) is 0.800. The third-order valence-electron chi connectivity index (χ3n) is 2.52. The Bertz CT molecular complexity index is 569. The molecule has 0 radical (unpaired) electrons. The number of aromatic nitrogens is 2. The van der Waals surface area contributed by atoms with Gasteiger partial charge in [-0.05, 0) is 19.1 Å². The fraction of sp³-hybridized carbons (Fsp3) is 0.308. The van der Waals surface area contributed by atoms with Gasteiger partial charge in [-0.25, -0.2) is 0 Å². The lowest BCUT2D eigenvalue weighted by atomic mass is 10.2. The van der Waals surface area contributed by atoms with Crippen molar-refractivity contribution >= 4 is 21.8 Å². The van der Waals surface area contributed by atoms with Crippen LogP contribution in [0.1, 0.15) is 19.2 Å². The third kappa shape index (κ3) is 3.64. The van der Waals surface area contributed by atoms with E-state index >= 15 is 0 Å². The molecule has 1 heterocycles. The van der Waals surface area contributed by atoms with E-state index in [0.29, 0.717) is 31.1 Å². The first-order valence-electron chi connectivity index (χ1n) is 6.05. The Morgan fingerprint density at radius 3 is 2.95 bits per heavy atom.